The van der Waals surface area contributed by atoms with Crippen molar-refractivity contribution in [3.8, 4) is 0 Å². The summed E-state index contributed by atoms with van der Waals surface area (Å²) in [7, 11) is 0. The lowest BCUT2D eigenvalue weighted by atomic mass is 10.3. The van der Waals surface area contributed by atoms with Crippen LogP contribution >= 0.6 is 0 Å². The van der Waals surface area contributed by atoms with E-state index in [1.54, 1.807) is 6.08 Å². The summed E-state index contributed by atoms with van der Waals surface area (Å²) in [5.74, 6) is 0. The summed E-state index contributed by atoms with van der Waals surface area (Å²) in [5, 5.41) is 0. The van der Waals surface area contributed by atoms with Crippen molar-refractivity contribution in [3.05, 3.63) is 523 Å². The van der Waals surface area contributed by atoms with E-state index >= 15 is 0 Å². The van der Waals surface area contributed by atoms with Gasteiger partial charge in [0.05, 0.1) is 0 Å². The third-order valence-corrected chi connectivity index (χ3v) is 9.44. The van der Waals surface area contributed by atoms with E-state index in [-0.39, 0.29) is 0 Å². The minimum atomic E-state index is 1.75. The molecule has 0 radical (unpaired) electrons. The highest BCUT2D eigenvalue weighted by atomic mass is 13.8. The summed E-state index contributed by atoms with van der Waals surface area (Å²) >= 11 is 0. The van der Waals surface area contributed by atoms with Crippen LogP contribution in [-0.4, -0.2) is 0 Å². The molecule has 0 nitrogen and oxygen atoms in total. The van der Waals surface area contributed by atoms with Crippen molar-refractivity contribution in [1.29, 1.82) is 0 Å². The van der Waals surface area contributed by atoms with E-state index in [9.17, 15) is 0 Å². The SMILES string of the molecule is C=CC=CC=CC=CC=CC=CC=CC=CC=CC=CC=CC=CC=CC=CC=CC=CC=CC=CC=CC=CC=CC=CC=CC=CC=CC=CC=CC=CC=CC=CC=CC=CC=CC=CC=CC=CC=CC=CC=CC=CC=CC=CC=CC. The van der Waals surface area contributed by atoms with Crippen molar-refractivity contribution in [1.82, 2.24) is 0 Å². The van der Waals surface area contributed by atoms with Gasteiger partial charge in [-0.3, -0.25) is 0 Å². The predicted molar refractivity (Wildman–Crippen MR) is 400 cm³/mol. The summed E-state index contributed by atoms with van der Waals surface area (Å²) in [4.78, 5) is 0. The normalized spacial score (nSPS) is 15.6. The van der Waals surface area contributed by atoms with Crippen LogP contribution in [0.3, 0.4) is 0 Å². The molecule has 0 unspecified atom stereocenters. The lowest BCUT2D eigenvalue weighted by Gasteiger charge is -1.77. The zero-order valence-corrected chi connectivity index (χ0v) is 50.8. The highest BCUT2D eigenvalue weighted by Gasteiger charge is 1.72. The lowest BCUT2D eigenvalue weighted by molar-refractivity contribution is 1.73. The Hall–Kier alpha value is -11.2. The second-order valence-corrected chi connectivity index (χ2v) is 16.5. The van der Waals surface area contributed by atoms with Gasteiger partial charge in [-0.15, -0.1) is 0 Å². The van der Waals surface area contributed by atoms with Gasteiger partial charge in [-0.2, -0.15) is 0 Å². The molecule has 0 aliphatic carbocycles. The summed E-state index contributed by atoms with van der Waals surface area (Å²) in [6.45, 7) is 5.63. The molecule has 0 spiro atoms. The van der Waals surface area contributed by atoms with Crippen molar-refractivity contribution in [2.24, 2.45) is 0 Å². The fourth-order valence-electron chi connectivity index (χ4n) is 5.39. The Balaban J connectivity index is 4.11. The number of allylic oxidation sites excluding steroid dienone is 85. The average molecular weight is 1140 g/mol. The molecular weight excluding hydrogens is 1040 g/mol. The Labute approximate surface area is 526 Å². The first-order valence-electron chi connectivity index (χ1n) is 29.0. The van der Waals surface area contributed by atoms with Crippen LogP contribution in [0.2, 0.25) is 0 Å². The molecule has 0 aromatic rings. The van der Waals surface area contributed by atoms with Gasteiger partial charge in [-0.25, -0.2) is 0 Å². The Morgan fingerprint density at radius 3 is 0.207 bits per heavy atom. The standard InChI is InChI=1S/C87H90/c1-3-5-7-9-11-13-15-17-19-21-23-25-27-29-31-33-35-37-39-41-43-45-47-49-51-53-55-57-59-61-63-65-67-69-71-73-75-77-79-81-83-85-87-86-84-82-80-78-76-74-72-70-68-66-64-62-60-58-56-54-52-50-48-46-44-42-40-38-36-34-32-30-28-26-24-22-20-18-16-14-12-10-8-6-4-2/h3-87H,1H2,2H3. The number of hydrogen-bond donors (Lipinski definition) is 0. The molecule has 0 aromatic carbocycles. The van der Waals surface area contributed by atoms with Crippen LogP contribution in [0, 0.1) is 0 Å². The molecule has 0 N–H and O–H groups in total. The molecule has 0 saturated carbocycles. The molecule has 0 aliphatic heterocycles. The molecular formula is C87H90. The van der Waals surface area contributed by atoms with Gasteiger partial charge < -0.3 is 0 Å². The Kier molecular flexibility index (Phi) is 65.2. The molecule has 0 aliphatic rings. The smallest absolute Gasteiger partial charge is 0.0467 e. The van der Waals surface area contributed by atoms with E-state index in [1.165, 1.54) is 0 Å². The van der Waals surface area contributed by atoms with Gasteiger partial charge in [0.25, 0.3) is 0 Å². The third-order valence-electron chi connectivity index (χ3n) is 9.44. The molecule has 0 rings (SSSR count). The van der Waals surface area contributed by atoms with Crippen LogP contribution in [0.4, 0.5) is 0 Å². The molecule has 0 saturated heterocycles. The van der Waals surface area contributed by atoms with Crippen LogP contribution in [0.25, 0.3) is 0 Å². The molecule has 0 heterocycles. The fourth-order valence-corrected chi connectivity index (χ4v) is 5.39. The molecule has 0 fully saturated rings. The van der Waals surface area contributed by atoms with Crippen LogP contribution < -0.4 is 0 Å². The summed E-state index contributed by atoms with van der Waals surface area (Å²) in [6.07, 6.45) is 169. The Morgan fingerprint density at radius 1 is 0.0920 bits per heavy atom. The topological polar surface area (TPSA) is 0 Å². The maximum atomic E-state index is 3.63. The average Bonchev–Trinajstić information content (AvgIpc) is 3.53. The van der Waals surface area contributed by atoms with E-state index in [1.807, 2.05) is 517 Å². The first-order chi connectivity index (χ1) is 43.4. The Bertz CT molecular complexity index is 3120. The first kappa shape index (κ1) is 75.8. The zero-order valence-electron chi connectivity index (χ0n) is 50.8. The molecule has 0 bridgehead atoms. The van der Waals surface area contributed by atoms with E-state index in [4.69, 9.17) is 0 Å². The molecule has 0 aromatic heterocycles. The zero-order chi connectivity index (χ0) is 62.1. The molecule has 0 amide bonds. The van der Waals surface area contributed by atoms with Crippen LogP contribution in [0.15, 0.2) is 523 Å². The fraction of sp³-hybridized carbons (Fsp3) is 0.0115. The summed E-state index contributed by atoms with van der Waals surface area (Å²) in [5.41, 5.74) is 0. The van der Waals surface area contributed by atoms with E-state index < -0.39 is 0 Å². The van der Waals surface area contributed by atoms with Crippen LogP contribution in [0.1, 0.15) is 6.92 Å². The van der Waals surface area contributed by atoms with Crippen molar-refractivity contribution < 1.29 is 0 Å². The van der Waals surface area contributed by atoms with Gasteiger partial charge in [-0.05, 0) is 6.92 Å². The predicted octanol–water partition coefficient (Wildman–Crippen LogP) is 24.6. The molecule has 0 atom stereocenters. The maximum Gasteiger partial charge on any atom is -0.0467 e. The third kappa shape index (κ3) is 74.8. The van der Waals surface area contributed by atoms with Crippen molar-refractivity contribution in [3.63, 3.8) is 0 Å². The largest absolute Gasteiger partial charge is 0.0991 e. The highest BCUT2D eigenvalue weighted by Crippen LogP contribution is 1.94. The van der Waals surface area contributed by atoms with E-state index in [2.05, 4.69) is 6.58 Å². The highest BCUT2D eigenvalue weighted by molar-refractivity contribution is 5.30. The minimum absolute atomic E-state index is 1.75. The number of rotatable bonds is 42. The quantitative estimate of drug-likeness (QED) is 0.0535. The van der Waals surface area contributed by atoms with Crippen molar-refractivity contribution in [2.75, 3.05) is 0 Å². The summed E-state index contributed by atoms with van der Waals surface area (Å²) < 4.78 is 0. The molecule has 0 heteroatoms. The van der Waals surface area contributed by atoms with Crippen molar-refractivity contribution in [2.45, 2.75) is 6.92 Å². The lowest BCUT2D eigenvalue weighted by Crippen LogP contribution is -1.55. The minimum Gasteiger partial charge on any atom is -0.0991 e. The Morgan fingerprint density at radius 2 is 0.149 bits per heavy atom. The van der Waals surface area contributed by atoms with Crippen LogP contribution in [0.5, 0.6) is 0 Å². The van der Waals surface area contributed by atoms with Gasteiger partial charge >= 0.3 is 0 Å². The monoisotopic (exact) mass is 1130 g/mol. The number of hydrogen-bond acceptors (Lipinski definition) is 0. The molecule has 438 valence electrons. The summed E-state index contributed by atoms with van der Waals surface area (Å²) in [6, 6.07) is 0. The first-order valence-corrected chi connectivity index (χ1v) is 29.0. The van der Waals surface area contributed by atoms with E-state index in [0.29, 0.717) is 0 Å². The van der Waals surface area contributed by atoms with Gasteiger partial charge in [0.1, 0.15) is 0 Å². The second kappa shape index (κ2) is 74.8. The van der Waals surface area contributed by atoms with E-state index in [0.717, 1.165) is 0 Å². The second-order valence-electron chi connectivity index (χ2n) is 16.5. The van der Waals surface area contributed by atoms with Crippen molar-refractivity contribution >= 4 is 0 Å². The van der Waals surface area contributed by atoms with Crippen LogP contribution in [-0.2, 0) is 0 Å². The maximum absolute atomic E-state index is 3.63. The van der Waals surface area contributed by atoms with Gasteiger partial charge in [0, 0.05) is 0 Å². The van der Waals surface area contributed by atoms with Gasteiger partial charge in [0.15, 0.2) is 0 Å². The molecule has 87 heavy (non-hydrogen) atoms. The van der Waals surface area contributed by atoms with Gasteiger partial charge in [0.2, 0.25) is 0 Å². The van der Waals surface area contributed by atoms with Gasteiger partial charge in [-0.1, -0.05) is 523 Å².